The van der Waals surface area contributed by atoms with Gasteiger partial charge in [-0.25, -0.2) is 4.39 Å². The summed E-state index contributed by atoms with van der Waals surface area (Å²) in [6, 6.07) is 7.14. The molecule has 1 aromatic rings. The summed E-state index contributed by atoms with van der Waals surface area (Å²) in [6.07, 6.45) is 3.52. The van der Waals surface area contributed by atoms with Gasteiger partial charge in [-0.3, -0.25) is 0 Å². The molecule has 0 aromatic heterocycles. The molecule has 1 aliphatic rings. The molecule has 1 aromatic carbocycles. The Kier molecular flexibility index (Phi) is 3.50. The first-order valence-electron chi connectivity index (χ1n) is 6.21. The zero-order chi connectivity index (χ0) is 12.5. The van der Waals surface area contributed by atoms with Crippen LogP contribution in [0.5, 0.6) is 0 Å². The highest BCUT2D eigenvalue weighted by Crippen LogP contribution is 2.51. The van der Waals surface area contributed by atoms with E-state index in [1.54, 1.807) is 12.1 Å². The molecule has 1 aliphatic carbocycles. The fourth-order valence-corrected chi connectivity index (χ4v) is 3.10. The molecule has 0 saturated heterocycles. The van der Waals surface area contributed by atoms with Gasteiger partial charge < -0.3 is 10.6 Å². The largest absolute Gasteiger partial charge is 0.330 e. The molecule has 0 heterocycles. The zero-order valence-electron chi connectivity index (χ0n) is 10.6. The summed E-state index contributed by atoms with van der Waals surface area (Å²) in [5.74, 6) is -0.166. The predicted molar refractivity (Wildman–Crippen MR) is 68.2 cm³/mol. The number of rotatable bonds is 4. The van der Waals surface area contributed by atoms with Gasteiger partial charge in [-0.2, -0.15) is 0 Å². The van der Waals surface area contributed by atoms with Crippen molar-refractivity contribution >= 4 is 0 Å². The van der Waals surface area contributed by atoms with Crippen molar-refractivity contribution in [3.8, 4) is 0 Å². The van der Waals surface area contributed by atoms with Gasteiger partial charge in [-0.15, -0.1) is 0 Å². The standard InChI is InChI=1S/C14H21FN2/c1-17(2)13(14(10-16)7-4-8-14)11-5-3-6-12(15)9-11/h3,5-6,9,13H,4,7-8,10,16H2,1-2H3. The molecule has 3 heteroatoms. The fraction of sp³-hybridized carbons (Fsp3) is 0.571. The van der Waals surface area contributed by atoms with Crippen molar-refractivity contribution < 1.29 is 4.39 Å². The average Bonchev–Trinajstić information content (AvgIpc) is 2.22. The maximum atomic E-state index is 13.4. The second-order valence-electron chi connectivity index (χ2n) is 5.34. The van der Waals surface area contributed by atoms with E-state index in [9.17, 15) is 4.39 Å². The van der Waals surface area contributed by atoms with Gasteiger partial charge in [0.25, 0.3) is 0 Å². The molecule has 1 unspecified atom stereocenters. The third kappa shape index (κ3) is 2.22. The van der Waals surface area contributed by atoms with E-state index in [1.807, 2.05) is 20.2 Å². The first-order chi connectivity index (χ1) is 8.09. The number of nitrogens with zero attached hydrogens (tertiary/aromatic N) is 1. The summed E-state index contributed by atoms with van der Waals surface area (Å²) < 4.78 is 13.4. The van der Waals surface area contributed by atoms with Gasteiger partial charge in [0.15, 0.2) is 0 Å². The summed E-state index contributed by atoms with van der Waals surface area (Å²) in [6.45, 7) is 0.673. The lowest BCUT2D eigenvalue weighted by Crippen LogP contribution is -2.47. The Morgan fingerprint density at radius 2 is 2.12 bits per heavy atom. The van der Waals surface area contributed by atoms with E-state index in [4.69, 9.17) is 5.73 Å². The summed E-state index contributed by atoms with van der Waals surface area (Å²) in [5.41, 5.74) is 7.14. The first-order valence-corrected chi connectivity index (χ1v) is 6.21. The minimum atomic E-state index is -0.166. The summed E-state index contributed by atoms with van der Waals surface area (Å²) in [5, 5.41) is 0. The highest BCUT2D eigenvalue weighted by molar-refractivity contribution is 5.24. The van der Waals surface area contributed by atoms with Crippen LogP contribution in [0.15, 0.2) is 24.3 Å². The maximum Gasteiger partial charge on any atom is 0.123 e. The highest BCUT2D eigenvalue weighted by atomic mass is 19.1. The van der Waals surface area contributed by atoms with Crippen LogP contribution < -0.4 is 5.73 Å². The third-order valence-electron chi connectivity index (χ3n) is 4.02. The van der Waals surface area contributed by atoms with Gasteiger partial charge >= 0.3 is 0 Å². The SMILES string of the molecule is CN(C)C(c1cccc(F)c1)C1(CN)CCC1. The molecule has 0 aliphatic heterocycles. The molecule has 0 amide bonds. The Morgan fingerprint density at radius 1 is 1.41 bits per heavy atom. The lowest BCUT2D eigenvalue weighted by molar-refractivity contribution is 0.0280. The van der Waals surface area contributed by atoms with Gasteiger partial charge in [0.05, 0.1) is 0 Å². The molecule has 0 radical (unpaired) electrons. The number of halogens is 1. The normalized spacial score (nSPS) is 20.1. The van der Waals surface area contributed by atoms with E-state index >= 15 is 0 Å². The van der Waals surface area contributed by atoms with Crippen molar-refractivity contribution in [2.45, 2.75) is 25.3 Å². The van der Waals surface area contributed by atoms with Crippen LogP contribution in [0.25, 0.3) is 0 Å². The van der Waals surface area contributed by atoms with Crippen molar-refractivity contribution in [2.24, 2.45) is 11.1 Å². The van der Waals surface area contributed by atoms with E-state index in [1.165, 1.54) is 12.5 Å². The van der Waals surface area contributed by atoms with Crippen LogP contribution >= 0.6 is 0 Å². The minimum absolute atomic E-state index is 0.136. The molecular weight excluding hydrogens is 215 g/mol. The molecule has 17 heavy (non-hydrogen) atoms. The molecule has 2 rings (SSSR count). The van der Waals surface area contributed by atoms with Gasteiger partial charge in [-0.05, 0) is 51.2 Å². The van der Waals surface area contributed by atoms with Gasteiger partial charge in [0, 0.05) is 11.5 Å². The monoisotopic (exact) mass is 236 g/mol. The molecule has 2 nitrogen and oxygen atoms in total. The quantitative estimate of drug-likeness (QED) is 0.870. The van der Waals surface area contributed by atoms with Crippen LogP contribution in [0, 0.1) is 11.2 Å². The van der Waals surface area contributed by atoms with Crippen molar-refractivity contribution in [3.05, 3.63) is 35.6 Å². The lowest BCUT2D eigenvalue weighted by atomic mass is 9.62. The third-order valence-corrected chi connectivity index (χ3v) is 4.02. The van der Waals surface area contributed by atoms with E-state index < -0.39 is 0 Å². The van der Waals surface area contributed by atoms with Crippen LogP contribution in [0.4, 0.5) is 4.39 Å². The molecular formula is C14H21FN2. The Balaban J connectivity index is 2.35. The summed E-state index contributed by atoms with van der Waals surface area (Å²) in [4.78, 5) is 2.17. The van der Waals surface area contributed by atoms with Crippen molar-refractivity contribution in [1.82, 2.24) is 4.90 Å². The first kappa shape index (κ1) is 12.5. The number of hydrogen-bond donors (Lipinski definition) is 1. The van der Waals surface area contributed by atoms with Crippen LogP contribution in [-0.4, -0.2) is 25.5 Å². The number of hydrogen-bond acceptors (Lipinski definition) is 2. The Labute approximate surface area is 103 Å². The summed E-state index contributed by atoms with van der Waals surface area (Å²) >= 11 is 0. The van der Waals surface area contributed by atoms with E-state index in [0.29, 0.717) is 6.54 Å². The Hall–Kier alpha value is -0.930. The highest BCUT2D eigenvalue weighted by Gasteiger charge is 2.44. The molecule has 0 bridgehead atoms. The smallest absolute Gasteiger partial charge is 0.123 e. The van der Waals surface area contributed by atoms with Gasteiger partial charge in [0.2, 0.25) is 0 Å². The molecule has 1 atom stereocenters. The van der Waals surface area contributed by atoms with Crippen LogP contribution in [-0.2, 0) is 0 Å². The molecule has 0 spiro atoms. The van der Waals surface area contributed by atoms with E-state index in [0.717, 1.165) is 18.4 Å². The molecule has 2 N–H and O–H groups in total. The molecule has 94 valence electrons. The summed E-state index contributed by atoms with van der Waals surface area (Å²) in [7, 11) is 4.09. The predicted octanol–water partition coefficient (Wildman–Crippen LogP) is 2.56. The van der Waals surface area contributed by atoms with Crippen molar-refractivity contribution in [1.29, 1.82) is 0 Å². The van der Waals surface area contributed by atoms with Crippen molar-refractivity contribution in [2.75, 3.05) is 20.6 Å². The van der Waals surface area contributed by atoms with Crippen molar-refractivity contribution in [3.63, 3.8) is 0 Å². The Morgan fingerprint density at radius 3 is 2.53 bits per heavy atom. The van der Waals surface area contributed by atoms with Crippen LogP contribution in [0.2, 0.25) is 0 Å². The average molecular weight is 236 g/mol. The van der Waals surface area contributed by atoms with Gasteiger partial charge in [0.1, 0.15) is 5.82 Å². The second kappa shape index (κ2) is 4.75. The zero-order valence-corrected chi connectivity index (χ0v) is 10.6. The minimum Gasteiger partial charge on any atom is -0.330 e. The fourth-order valence-electron chi connectivity index (χ4n) is 3.10. The Bertz CT molecular complexity index is 380. The molecule has 1 fully saturated rings. The van der Waals surface area contributed by atoms with E-state index in [-0.39, 0.29) is 17.3 Å². The topological polar surface area (TPSA) is 29.3 Å². The van der Waals surface area contributed by atoms with Crippen LogP contribution in [0.3, 0.4) is 0 Å². The maximum absolute atomic E-state index is 13.4. The van der Waals surface area contributed by atoms with Gasteiger partial charge in [-0.1, -0.05) is 18.6 Å². The van der Waals surface area contributed by atoms with E-state index in [2.05, 4.69) is 4.90 Å². The second-order valence-corrected chi connectivity index (χ2v) is 5.34. The lowest BCUT2D eigenvalue weighted by Gasteiger charge is -2.50. The number of nitrogens with two attached hydrogens (primary N) is 1. The number of benzene rings is 1. The molecule has 1 saturated carbocycles. The van der Waals surface area contributed by atoms with Crippen LogP contribution in [0.1, 0.15) is 30.9 Å².